The average Bonchev–Trinajstić information content (AvgIpc) is 2.26. The lowest BCUT2D eigenvalue weighted by Gasteiger charge is -2.40. The highest BCUT2D eigenvalue weighted by Crippen LogP contribution is 2.27. The molecule has 2 rings (SSSR count). The fraction of sp³-hybridized carbons (Fsp3) is 0.455. The van der Waals surface area contributed by atoms with Gasteiger partial charge in [-0.05, 0) is 19.1 Å². The Kier molecular flexibility index (Phi) is 3.57. The number of nitro groups is 1. The van der Waals surface area contributed by atoms with Crippen LogP contribution in [0.5, 0.6) is 0 Å². The molecule has 1 aliphatic heterocycles. The molecule has 1 aromatic carbocycles. The Morgan fingerprint density at radius 3 is 2.32 bits per heavy atom. The van der Waals surface area contributed by atoms with E-state index in [4.69, 9.17) is 5.73 Å². The van der Waals surface area contributed by atoms with E-state index in [9.17, 15) is 18.5 Å². The van der Waals surface area contributed by atoms with Gasteiger partial charge in [0.15, 0.2) is 0 Å². The fourth-order valence-electron chi connectivity index (χ4n) is 1.89. The first kappa shape index (κ1) is 13.9. The average molecular weight is 285 g/mol. The molecule has 0 aliphatic carbocycles. The minimum absolute atomic E-state index is 0.0386. The number of nitrogens with zero attached hydrogens (tertiary/aromatic N) is 2. The summed E-state index contributed by atoms with van der Waals surface area (Å²) in [5.74, 6) is 0.174. The zero-order chi connectivity index (χ0) is 14.2. The molecule has 0 bridgehead atoms. The molecule has 1 atom stereocenters. The predicted molar refractivity (Wildman–Crippen MR) is 69.0 cm³/mol. The van der Waals surface area contributed by atoms with E-state index in [-0.39, 0.29) is 22.5 Å². The van der Waals surface area contributed by atoms with E-state index in [0.29, 0.717) is 13.1 Å². The summed E-state index contributed by atoms with van der Waals surface area (Å²) in [6.45, 7) is 2.65. The van der Waals surface area contributed by atoms with Gasteiger partial charge in [0.05, 0.1) is 9.82 Å². The third kappa shape index (κ3) is 2.60. The summed E-state index contributed by atoms with van der Waals surface area (Å²) in [5.41, 5.74) is 5.57. The third-order valence-electron chi connectivity index (χ3n) is 3.31. The lowest BCUT2D eigenvalue weighted by Crippen LogP contribution is -2.55. The Bertz CT molecular complexity index is 576. The monoisotopic (exact) mass is 285 g/mol. The van der Waals surface area contributed by atoms with Gasteiger partial charge in [-0.1, -0.05) is 0 Å². The molecule has 104 valence electrons. The fourth-order valence-corrected chi connectivity index (χ4v) is 3.44. The molecule has 0 radical (unpaired) electrons. The molecule has 8 heteroatoms. The van der Waals surface area contributed by atoms with Crippen molar-refractivity contribution in [2.75, 3.05) is 13.1 Å². The number of nitrogens with two attached hydrogens (primary N) is 1. The van der Waals surface area contributed by atoms with Crippen molar-refractivity contribution in [3.8, 4) is 0 Å². The maximum absolute atomic E-state index is 12.2. The van der Waals surface area contributed by atoms with Crippen molar-refractivity contribution in [1.29, 1.82) is 0 Å². The van der Waals surface area contributed by atoms with Crippen LogP contribution in [0.4, 0.5) is 5.69 Å². The zero-order valence-corrected chi connectivity index (χ0v) is 11.2. The Labute approximate surface area is 111 Å². The largest absolute Gasteiger partial charge is 0.328 e. The molecule has 1 saturated heterocycles. The summed E-state index contributed by atoms with van der Waals surface area (Å²) in [6, 6.07) is 4.86. The van der Waals surface area contributed by atoms with E-state index in [1.165, 1.54) is 28.6 Å². The van der Waals surface area contributed by atoms with Gasteiger partial charge in [0.1, 0.15) is 0 Å². The van der Waals surface area contributed by atoms with Crippen molar-refractivity contribution in [3.05, 3.63) is 34.4 Å². The van der Waals surface area contributed by atoms with Crippen LogP contribution in [0.25, 0.3) is 0 Å². The van der Waals surface area contributed by atoms with Crippen LogP contribution in [0.15, 0.2) is 29.2 Å². The van der Waals surface area contributed by atoms with E-state index in [1.807, 2.05) is 6.92 Å². The quantitative estimate of drug-likeness (QED) is 0.642. The van der Waals surface area contributed by atoms with Crippen LogP contribution >= 0.6 is 0 Å². The van der Waals surface area contributed by atoms with Crippen molar-refractivity contribution in [2.24, 2.45) is 11.7 Å². The van der Waals surface area contributed by atoms with Crippen LogP contribution in [-0.2, 0) is 10.0 Å². The van der Waals surface area contributed by atoms with Crippen LogP contribution < -0.4 is 5.73 Å². The molecule has 1 heterocycles. The highest BCUT2D eigenvalue weighted by Gasteiger charge is 2.38. The minimum atomic E-state index is -3.56. The van der Waals surface area contributed by atoms with Crippen molar-refractivity contribution in [2.45, 2.75) is 17.9 Å². The van der Waals surface area contributed by atoms with Gasteiger partial charge in [0.2, 0.25) is 10.0 Å². The highest BCUT2D eigenvalue weighted by atomic mass is 32.2. The number of hydrogen-bond acceptors (Lipinski definition) is 5. The molecule has 0 saturated carbocycles. The van der Waals surface area contributed by atoms with Crippen molar-refractivity contribution in [3.63, 3.8) is 0 Å². The summed E-state index contributed by atoms with van der Waals surface area (Å²) in [7, 11) is -3.56. The van der Waals surface area contributed by atoms with E-state index >= 15 is 0 Å². The first-order valence-corrected chi connectivity index (χ1v) is 7.26. The van der Waals surface area contributed by atoms with Crippen molar-refractivity contribution < 1.29 is 13.3 Å². The topological polar surface area (TPSA) is 107 Å². The number of nitro benzene ring substituents is 1. The van der Waals surface area contributed by atoms with Gasteiger partial charge in [-0.25, -0.2) is 8.42 Å². The normalized spacial score (nSPS) is 18.8. The van der Waals surface area contributed by atoms with Crippen LogP contribution in [0.1, 0.15) is 6.92 Å². The maximum atomic E-state index is 12.2. The number of sulfonamides is 1. The molecule has 0 amide bonds. The molecule has 0 spiro atoms. The van der Waals surface area contributed by atoms with Crippen LogP contribution in [0.2, 0.25) is 0 Å². The van der Waals surface area contributed by atoms with Gasteiger partial charge in [-0.3, -0.25) is 10.1 Å². The first-order chi connectivity index (χ1) is 8.82. The van der Waals surface area contributed by atoms with Crippen LogP contribution in [-0.4, -0.2) is 36.8 Å². The van der Waals surface area contributed by atoms with E-state index in [1.54, 1.807) is 0 Å². The molecule has 7 nitrogen and oxygen atoms in total. The number of non-ortho nitro benzene ring substituents is 1. The zero-order valence-electron chi connectivity index (χ0n) is 10.4. The second-order valence-corrected chi connectivity index (χ2v) is 6.63. The van der Waals surface area contributed by atoms with E-state index < -0.39 is 14.9 Å². The van der Waals surface area contributed by atoms with Crippen molar-refractivity contribution >= 4 is 15.7 Å². The summed E-state index contributed by atoms with van der Waals surface area (Å²) in [6.07, 6.45) is 0. The molecule has 2 N–H and O–H groups in total. The third-order valence-corrected chi connectivity index (χ3v) is 5.15. The van der Waals surface area contributed by atoms with Gasteiger partial charge in [-0.15, -0.1) is 0 Å². The lowest BCUT2D eigenvalue weighted by molar-refractivity contribution is -0.384. The van der Waals surface area contributed by atoms with Gasteiger partial charge in [0.25, 0.3) is 5.69 Å². The molecule has 19 heavy (non-hydrogen) atoms. The van der Waals surface area contributed by atoms with E-state index in [2.05, 4.69) is 0 Å². The van der Waals surface area contributed by atoms with E-state index in [0.717, 1.165) is 0 Å². The summed E-state index contributed by atoms with van der Waals surface area (Å²) in [4.78, 5) is 10.0. The smallest absolute Gasteiger partial charge is 0.269 e. The van der Waals surface area contributed by atoms with Crippen LogP contribution in [0.3, 0.4) is 0 Å². The maximum Gasteiger partial charge on any atom is 0.269 e. The Morgan fingerprint density at radius 2 is 1.89 bits per heavy atom. The van der Waals surface area contributed by atoms with Gasteiger partial charge in [0, 0.05) is 37.2 Å². The molecular formula is C11H15N3O4S. The molecule has 1 aromatic rings. The molecular weight excluding hydrogens is 270 g/mol. The van der Waals surface area contributed by atoms with Gasteiger partial charge >= 0.3 is 0 Å². The number of benzene rings is 1. The second kappa shape index (κ2) is 4.87. The molecule has 1 aliphatic rings. The summed E-state index contributed by atoms with van der Waals surface area (Å²) >= 11 is 0. The molecule has 1 fully saturated rings. The Morgan fingerprint density at radius 1 is 1.37 bits per heavy atom. The van der Waals surface area contributed by atoms with Gasteiger partial charge in [-0.2, -0.15) is 4.31 Å². The number of hydrogen-bond donors (Lipinski definition) is 1. The van der Waals surface area contributed by atoms with Crippen molar-refractivity contribution in [1.82, 2.24) is 4.31 Å². The SMILES string of the molecule is CC(N)C1CN(S(=O)(=O)c2ccc([N+](=O)[O-])cc2)C1. The predicted octanol–water partition coefficient (Wildman–Crippen LogP) is 0.562. The molecule has 0 aromatic heterocycles. The van der Waals surface area contributed by atoms with Gasteiger partial charge < -0.3 is 5.73 Å². The Hall–Kier alpha value is -1.51. The lowest BCUT2D eigenvalue weighted by atomic mass is 9.96. The standard InChI is InChI=1S/C11H15N3O4S/c1-8(12)9-6-13(7-9)19(17,18)11-4-2-10(3-5-11)14(15)16/h2-5,8-9H,6-7,12H2,1H3. The highest BCUT2D eigenvalue weighted by molar-refractivity contribution is 7.89. The second-order valence-electron chi connectivity index (χ2n) is 4.69. The minimum Gasteiger partial charge on any atom is -0.328 e. The van der Waals surface area contributed by atoms with Crippen LogP contribution in [0, 0.1) is 16.0 Å². The first-order valence-electron chi connectivity index (χ1n) is 5.82. The Balaban J connectivity index is 2.15. The summed E-state index contributed by atoms with van der Waals surface area (Å²) < 4.78 is 25.7. The summed E-state index contributed by atoms with van der Waals surface area (Å²) in [5, 5.41) is 10.5. The number of rotatable bonds is 4. The molecule has 1 unspecified atom stereocenters.